The molecule has 2 atom stereocenters. The molecule has 152 valence electrons. The van der Waals surface area contributed by atoms with Crippen LogP contribution < -0.4 is 10.6 Å². The van der Waals surface area contributed by atoms with Crippen LogP contribution in [-0.4, -0.2) is 54.5 Å². The Balaban J connectivity index is 1.42. The molecule has 0 radical (unpaired) electrons. The molecule has 3 amide bonds. The molecule has 2 unspecified atom stereocenters. The lowest BCUT2D eigenvalue weighted by atomic mass is 9.92. The first-order valence-electron chi connectivity index (χ1n) is 9.93. The number of benzene rings is 2. The fraction of sp³-hybridized carbons (Fsp3) is 0.364. The normalized spacial score (nSPS) is 21.5. The summed E-state index contributed by atoms with van der Waals surface area (Å²) in [6, 6.07) is 12.6. The van der Waals surface area contributed by atoms with E-state index in [9.17, 15) is 14.0 Å². The van der Waals surface area contributed by atoms with Crippen molar-refractivity contribution in [2.45, 2.75) is 18.9 Å². The number of urea groups is 1. The smallest absolute Gasteiger partial charge is 0.322 e. The molecule has 2 aromatic rings. The summed E-state index contributed by atoms with van der Waals surface area (Å²) in [5, 5.41) is 5.60. The Kier molecular flexibility index (Phi) is 5.49. The summed E-state index contributed by atoms with van der Waals surface area (Å²) in [6.07, 6.45) is 2.17. The first kappa shape index (κ1) is 19.4. The van der Waals surface area contributed by atoms with Gasteiger partial charge >= 0.3 is 6.03 Å². The summed E-state index contributed by atoms with van der Waals surface area (Å²) in [7, 11) is 2.09. The van der Waals surface area contributed by atoms with Gasteiger partial charge in [0.2, 0.25) is 0 Å². The van der Waals surface area contributed by atoms with E-state index in [1.165, 1.54) is 18.2 Å². The van der Waals surface area contributed by atoms with Crippen LogP contribution in [0.4, 0.5) is 20.6 Å². The Bertz CT molecular complexity index is 919. The van der Waals surface area contributed by atoms with Crippen molar-refractivity contribution in [1.29, 1.82) is 0 Å². The van der Waals surface area contributed by atoms with Gasteiger partial charge in [0.05, 0.1) is 0 Å². The van der Waals surface area contributed by atoms with Crippen molar-refractivity contribution in [2.75, 3.05) is 37.3 Å². The minimum absolute atomic E-state index is 0.129. The van der Waals surface area contributed by atoms with Gasteiger partial charge in [0.25, 0.3) is 5.91 Å². The monoisotopic (exact) mass is 396 g/mol. The highest BCUT2D eigenvalue weighted by Gasteiger charge is 2.39. The van der Waals surface area contributed by atoms with Gasteiger partial charge in [-0.25, -0.2) is 9.18 Å². The molecule has 2 fully saturated rings. The number of nitrogens with one attached hydrogen (secondary N) is 2. The Morgan fingerprint density at radius 2 is 1.72 bits per heavy atom. The number of likely N-dealkylation sites (tertiary alicyclic amines) is 2. The molecule has 2 saturated heterocycles. The number of likely N-dealkylation sites (N-methyl/N-ethyl adjacent to an activating group) is 1. The zero-order valence-corrected chi connectivity index (χ0v) is 16.4. The highest BCUT2D eigenvalue weighted by Crippen LogP contribution is 2.31. The second-order valence-corrected chi connectivity index (χ2v) is 7.84. The molecule has 6 nitrogen and oxygen atoms in total. The number of rotatable bonds is 3. The summed E-state index contributed by atoms with van der Waals surface area (Å²) in [4.78, 5) is 29.5. The number of piperidine rings is 1. The Morgan fingerprint density at radius 3 is 2.52 bits per heavy atom. The second-order valence-electron chi connectivity index (χ2n) is 7.84. The number of hydrogen-bond donors (Lipinski definition) is 2. The van der Waals surface area contributed by atoms with E-state index >= 15 is 0 Å². The van der Waals surface area contributed by atoms with E-state index in [1.807, 2.05) is 4.90 Å². The van der Waals surface area contributed by atoms with Crippen molar-refractivity contribution in [3.63, 3.8) is 0 Å². The molecule has 7 heteroatoms. The third-order valence-corrected chi connectivity index (χ3v) is 5.78. The van der Waals surface area contributed by atoms with Gasteiger partial charge in [-0.05, 0) is 68.8 Å². The second kappa shape index (κ2) is 8.21. The van der Waals surface area contributed by atoms with Crippen LogP contribution in [0.15, 0.2) is 48.5 Å². The minimum atomic E-state index is -0.416. The van der Waals surface area contributed by atoms with E-state index < -0.39 is 5.82 Å². The zero-order valence-electron chi connectivity index (χ0n) is 16.4. The van der Waals surface area contributed by atoms with Gasteiger partial charge in [0, 0.05) is 36.1 Å². The van der Waals surface area contributed by atoms with Crippen LogP contribution in [0, 0.1) is 11.7 Å². The molecule has 0 aliphatic carbocycles. The average molecular weight is 396 g/mol. The van der Waals surface area contributed by atoms with E-state index in [0.29, 0.717) is 22.9 Å². The predicted octanol–water partition coefficient (Wildman–Crippen LogP) is 3.64. The summed E-state index contributed by atoms with van der Waals surface area (Å²) < 4.78 is 13.3. The van der Waals surface area contributed by atoms with Crippen molar-refractivity contribution >= 4 is 23.3 Å². The molecule has 2 heterocycles. The number of nitrogens with zero attached hydrogens (tertiary/aromatic N) is 2. The lowest BCUT2D eigenvalue weighted by molar-refractivity contribution is 0.102. The standard InChI is InChI=1S/C22H25FN4O2/c1-26-10-8-15-9-11-27(20(15)14-26)22(29)25-18-6-2-4-16(12-18)21(28)24-19-7-3-5-17(23)13-19/h2-7,12-13,15,20H,8-11,14H2,1H3,(H,24,28)(H,25,29). The van der Waals surface area contributed by atoms with Crippen LogP contribution in [0.3, 0.4) is 0 Å². The third kappa shape index (κ3) is 4.40. The molecule has 2 aliphatic rings. The van der Waals surface area contributed by atoms with Gasteiger partial charge in [0.1, 0.15) is 5.82 Å². The van der Waals surface area contributed by atoms with Crippen LogP contribution in [0.5, 0.6) is 0 Å². The molecule has 2 aliphatic heterocycles. The lowest BCUT2D eigenvalue weighted by Gasteiger charge is -2.36. The van der Waals surface area contributed by atoms with Crippen LogP contribution in [0.2, 0.25) is 0 Å². The summed E-state index contributed by atoms with van der Waals surface area (Å²) in [5.74, 6) is -0.205. The topological polar surface area (TPSA) is 64.7 Å². The van der Waals surface area contributed by atoms with E-state index in [2.05, 4.69) is 22.6 Å². The van der Waals surface area contributed by atoms with Gasteiger partial charge in [0.15, 0.2) is 0 Å². The first-order chi connectivity index (χ1) is 14.0. The van der Waals surface area contributed by atoms with Crippen molar-refractivity contribution in [2.24, 2.45) is 5.92 Å². The molecule has 4 rings (SSSR count). The first-order valence-corrected chi connectivity index (χ1v) is 9.93. The van der Waals surface area contributed by atoms with Crippen molar-refractivity contribution in [3.05, 3.63) is 59.9 Å². The molecule has 29 heavy (non-hydrogen) atoms. The SMILES string of the molecule is CN1CCC2CCN(C(=O)Nc3cccc(C(=O)Nc4cccc(F)c4)c3)C2C1. The highest BCUT2D eigenvalue weighted by atomic mass is 19.1. The molecule has 2 N–H and O–H groups in total. The van der Waals surface area contributed by atoms with E-state index in [0.717, 1.165) is 32.5 Å². The summed E-state index contributed by atoms with van der Waals surface area (Å²) in [5.41, 5.74) is 1.34. The Labute approximate surface area is 169 Å². The number of carbonyl (C=O) groups excluding carboxylic acids is 2. The molecule has 0 spiro atoms. The Morgan fingerprint density at radius 1 is 1.00 bits per heavy atom. The molecule has 0 aromatic heterocycles. The molecule has 0 bridgehead atoms. The zero-order chi connectivity index (χ0) is 20.4. The maximum atomic E-state index is 13.3. The molecule has 2 aromatic carbocycles. The van der Waals surface area contributed by atoms with E-state index in [4.69, 9.17) is 0 Å². The third-order valence-electron chi connectivity index (χ3n) is 5.78. The van der Waals surface area contributed by atoms with E-state index in [-0.39, 0.29) is 18.0 Å². The average Bonchev–Trinajstić information content (AvgIpc) is 3.11. The van der Waals surface area contributed by atoms with Crippen LogP contribution >= 0.6 is 0 Å². The highest BCUT2D eigenvalue weighted by molar-refractivity contribution is 6.05. The summed E-state index contributed by atoms with van der Waals surface area (Å²) in [6.45, 7) is 2.74. The molecule has 0 saturated carbocycles. The fourth-order valence-corrected chi connectivity index (χ4v) is 4.25. The van der Waals surface area contributed by atoms with Crippen LogP contribution in [0.1, 0.15) is 23.2 Å². The lowest BCUT2D eigenvalue weighted by Crippen LogP contribution is -2.49. The van der Waals surface area contributed by atoms with Gasteiger partial charge in [-0.15, -0.1) is 0 Å². The number of fused-ring (bicyclic) bond motifs is 1. The summed E-state index contributed by atoms with van der Waals surface area (Å²) >= 11 is 0. The van der Waals surface area contributed by atoms with Crippen LogP contribution in [-0.2, 0) is 0 Å². The number of anilines is 2. The minimum Gasteiger partial charge on any atom is -0.322 e. The largest absolute Gasteiger partial charge is 0.322 e. The van der Waals surface area contributed by atoms with Gasteiger partial charge < -0.3 is 20.4 Å². The molecular weight excluding hydrogens is 371 g/mol. The molecular formula is C22H25FN4O2. The van der Waals surface area contributed by atoms with Gasteiger partial charge in [-0.3, -0.25) is 4.79 Å². The van der Waals surface area contributed by atoms with E-state index in [1.54, 1.807) is 30.3 Å². The van der Waals surface area contributed by atoms with Gasteiger partial charge in [-0.2, -0.15) is 0 Å². The predicted molar refractivity (Wildman–Crippen MR) is 111 cm³/mol. The number of amides is 3. The number of carbonyl (C=O) groups is 2. The maximum Gasteiger partial charge on any atom is 0.322 e. The maximum absolute atomic E-state index is 13.3. The number of halogens is 1. The Hall–Kier alpha value is -2.93. The van der Waals surface area contributed by atoms with Crippen molar-refractivity contribution in [3.8, 4) is 0 Å². The quantitative estimate of drug-likeness (QED) is 0.833. The van der Waals surface area contributed by atoms with Gasteiger partial charge in [-0.1, -0.05) is 12.1 Å². The fourth-order valence-electron chi connectivity index (χ4n) is 4.25. The van der Waals surface area contributed by atoms with Crippen molar-refractivity contribution in [1.82, 2.24) is 9.80 Å². The van der Waals surface area contributed by atoms with Crippen LogP contribution in [0.25, 0.3) is 0 Å². The van der Waals surface area contributed by atoms with Crippen molar-refractivity contribution < 1.29 is 14.0 Å². The number of hydrogen-bond acceptors (Lipinski definition) is 3.